The second-order valence-electron chi connectivity index (χ2n) is 7.21. The van der Waals surface area contributed by atoms with Gasteiger partial charge in [-0.15, -0.1) is 0 Å². The summed E-state index contributed by atoms with van der Waals surface area (Å²) in [6.45, 7) is 3.59. The summed E-state index contributed by atoms with van der Waals surface area (Å²) in [4.78, 5) is 40.9. The number of H-pyrrole nitrogens is 1. The largest absolute Gasteiger partial charge is 0.484 e. The number of nitrogen functional groups attached to an aromatic ring is 1. The van der Waals surface area contributed by atoms with E-state index >= 15 is 0 Å². The van der Waals surface area contributed by atoms with Crippen molar-refractivity contribution in [3.63, 3.8) is 0 Å². The van der Waals surface area contributed by atoms with Gasteiger partial charge in [0.2, 0.25) is 0 Å². The lowest BCUT2D eigenvalue weighted by Gasteiger charge is -2.24. The Morgan fingerprint density at radius 3 is 2.50 bits per heavy atom. The third kappa shape index (κ3) is 6.14. The summed E-state index contributed by atoms with van der Waals surface area (Å²) in [6, 6.07) is 4.15. The fraction of sp³-hybridized carbons (Fsp3) is 0.476. The molecular formula is C21H27F3N4O4. The molecule has 3 N–H and O–H groups in total. The van der Waals surface area contributed by atoms with Gasteiger partial charge in [0.25, 0.3) is 11.5 Å². The number of ether oxygens (including phenoxy) is 1. The molecule has 0 radical (unpaired) electrons. The molecule has 0 aliphatic rings. The molecule has 0 saturated heterocycles. The molecule has 1 heterocycles. The maximum atomic E-state index is 12.9. The fourth-order valence-corrected chi connectivity index (χ4v) is 3.04. The molecular weight excluding hydrogens is 429 g/mol. The molecule has 0 saturated carbocycles. The van der Waals surface area contributed by atoms with Crippen LogP contribution in [0.15, 0.2) is 33.9 Å². The number of nitrogens with one attached hydrogen (secondary N) is 1. The van der Waals surface area contributed by atoms with Crippen LogP contribution in [0.5, 0.6) is 5.75 Å². The van der Waals surface area contributed by atoms with Crippen molar-refractivity contribution in [1.82, 2.24) is 9.55 Å². The first-order valence-corrected chi connectivity index (χ1v) is 10.3. The van der Waals surface area contributed by atoms with Crippen molar-refractivity contribution in [3.8, 4) is 5.75 Å². The fourth-order valence-electron chi connectivity index (χ4n) is 3.04. The Morgan fingerprint density at radius 2 is 1.88 bits per heavy atom. The maximum absolute atomic E-state index is 12.9. The number of nitrogens with zero attached hydrogens (tertiary/aromatic N) is 2. The van der Waals surface area contributed by atoms with E-state index in [4.69, 9.17) is 10.5 Å². The molecule has 32 heavy (non-hydrogen) atoms. The van der Waals surface area contributed by atoms with Gasteiger partial charge in [0.05, 0.1) is 5.56 Å². The summed E-state index contributed by atoms with van der Waals surface area (Å²) < 4.78 is 45.1. The van der Waals surface area contributed by atoms with Gasteiger partial charge in [0, 0.05) is 13.1 Å². The summed E-state index contributed by atoms with van der Waals surface area (Å²) in [5.74, 6) is -0.956. The van der Waals surface area contributed by atoms with Crippen LogP contribution in [-0.2, 0) is 17.5 Å². The Labute approximate surface area is 182 Å². The lowest BCUT2D eigenvalue weighted by Crippen LogP contribution is -2.43. The van der Waals surface area contributed by atoms with Crippen LogP contribution in [0.2, 0.25) is 0 Å². The molecule has 0 bridgehead atoms. The molecule has 11 heteroatoms. The van der Waals surface area contributed by atoms with Crippen LogP contribution in [0.3, 0.4) is 0 Å². The number of unbranched alkanes of at least 4 members (excludes halogenated alkanes) is 2. The number of carbonyl (C=O) groups excluding carboxylic acids is 1. The summed E-state index contributed by atoms with van der Waals surface area (Å²) in [6.07, 6.45) is -1.90. The highest BCUT2D eigenvalue weighted by molar-refractivity contribution is 5.96. The third-order valence-corrected chi connectivity index (χ3v) is 4.78. The minimum atomic E-state index is -4.55. The first-order chi connectivity index (χ1) is 15.1. The topological polar surface area (TPSA) is 110 Å². The summed E-state index contributed by atoms with van der Waals surface area (Å²) in [5, 5.41) is 0. The normalized spacial score (nSPS) is 11.4. The van der Waals surface area contributed by atoms with Gasteiger partial charge < -0.3 is 15.4 Å². The van der Waals surface area contributed by atoms with Crippen molar-refractivity contribution < 1.29 is 22.7 Å². The molecule has 0 atom stereocenters. The Balaban J connectivity index is 2.33. The highest BCUT2D eigenvalue weighted by atomic mass is 19.4. The van der Waals surface area contributed by atoms with E-state index in [1.807, 2.05) is 13.8 Å². The Kier molecular flexibility index (Phi) is 8.50. The first-order valence-electron chi connectivity index (χ1n) is 10.3. The van der Waals surface area contributed by atoms with E-state index < -0.39 is 35.5 Å². The van der Waals surface area contributed by atoms with Gasteiger partial charge in [-0.2, -0.15) is 13.2 Å². The average Bonchev–Trinajstić information content (AvgIpc) is 2.73. The second-order valence-corrected chi connectivity index (χ2v) is 7.21. The van der Waals surface area contributed by atoms with Gasteiger partial charge >= 0.3 is 11.9 Å². The number of rotatable bonds is 10. The molecule has 0 aliphatic carbocycles. The van der Waals surface area contributed by atoms with Crippen LogP contribution in [0.4, 0.5) is 24.7 Å². The number of aromatic nitrogens is 2. The third-order valence-electron chi connectivity index (χ3n) is 4.78. The average molecular weight is 456 g/mol. The monoisotopic (exact) mass is 456 g/mol. The molecule has 8 nitrogen and oxygen atoms in total. The van der Waals surface area contributed by atoms with Crippen molar-refractivity contribution >= 4 is 17.4 Å². The van der Waals surface area contributed by atoms with Crippen molar-refractivity contribution in [2.45, 2.75) is 52.3 Å². The van der Waals surface area contributed by atoms with Gasteiger partial charge in [-0.1, -0.05) is 32.8 Å². The molecule has 176 valence electrons. The summed E-state index contributed by atoms with van der Waals surface area (Å²) in [5.41, 5.74) is 3.52. The van der Waals surface area contributed by atoms with Gasteiger partial charge in [0.15, 0.2) is 12.3 Å². The number of alkyl halides is 3. The van der Waals surface area contributed by atoms with Gasteiger partial charge in [-0.05, 0) is 31.0 Å². The Hall–Kier alpha value is -3.24. The first kappa shape index (κ1) is 25.0. The summed E-state index contributed by atoms with van der Waals surface area (Å²) >= 11 is 0. The van der Waals surface area contributed by atoms with Gasteiger partial charge in [-0.25, -0.2) is 4.79 Å². The predicted octanol–water partition coefficient (Wildman–Crippen LogP) is 3.15. The molecule has 2 rings (SSSR count). The molecule has 0 fully saturated rings. The maximum Gasteiger partial charge on any atom is 0.416 e. The lowest BCUT2D eigenvalue weighted by molar-refractivity contribution is -0.137. The number of amides is 1. The van der Waals surface area contributed by atoms with E-state index in [0.717, 1.165) is 23.5 Å². The molecule has 1 amide bonds. The van der Waals surface area contributed by atoms with E-state index in [-0.39, 0.29) is 30.3 Å². The van der Waals surface area contributed by atoms with Crippen molar-refractivity contribution in [3.05, 3.63) is 50.7 Å². The quantitative estimate of drug-likeness (QED) is 0.571. The zero-order chi connectivity index (χ0) is 23.9. The summed E-state index contributed by atoms with van der Waals surface area (Å²) in [7, 11) is 0. The van der Waals surface area contributed by atoms with E-state index in [0.29, 0.717) is 19.3 Å². The van der Waals surface area contributed by atoms with Crippen LogP contribution in [-0.4, -0.2) is 28.6 Å². The van der Waals surface area contributed by atoms with E-state index in [2.05, 4.69) is 4.98 Å². The van der Waals surface area contributed by atoms with Crippen molar-refractivity contribution in [2.24, 2.45) is 0 Å². The lowest BCUT2D eigenvalue weighted by atomic mass is 10.2. The van der Waals surface area contributed by atoms with Crippen LogP contribution in [0.1, 0.15) is 45.1 Å². The predicted molar refractivity (Wildman–Crippen MR) is 115 cm³/mol. The molecule has 1 aromatic heterocycles. The standard InChI is InChI=1S/C21H27F3N4O4/c1-3-5-10-27(17-18(25)28(11-6-4-2)20(31)26-19(17)30)16(29)13-32-15-9-7-8-14(12-15)21(22,23)24/h7-9,12H,3-6,10-11,13,25H2,1-2H3,(H,26,30,31). The van der Waals surface area contributed by atoms with Crippen LogP contribution < -0.4 is 26.6 Å². The number of hydrogen-bond acceptors (Lipinski definition) is 5. The highest BCUT2D eigenvalue weighted by Crippen LogP contribution is 2.31. The number of anilines is 2. The molecule has 0 spiro atoms. The number of halogens is 3. The Bertz CT molecular complexity index is 1050. The van der Waals surface area contributed by atoms with Crippen LogP contribution >= 0.6 is 0 Å². The highest BCUT2D eigenvalue weighted by Gasteiger charge is 2.31. The van der Waals surface area contributed by atoms with Gasteiger partial charge in [0.1, 0.15) is 11.6 Å². The van der Waals surface area contributed by atoms with Crippen LogP contribution in [0.25, 0.3) is 0 Å². The zero-order valence-corrected chi connectivity index (χ0v) is 18.0. The van der Waals surface area contributed by atoms with Gasteiger partial charge in [-0.3, -0.25) is 19.1 Å². The van der Waals surface area contributed by atoms with Crippen molar-refractivity contribution in [2.75, 3.05) is 23.8 Å². The number of aromatic amines is 1. The van der Waals surface area contributed by atoms with Crippen molar-refractivity contribution in [1.29, 1.82) is 0 Å². The molecule has 1 aromatic carbocycles. The SMILES string of the molecule is CCCCN(C(=O)COc1cccc(C(F)(F)F)c1)c1c(N)n(CCCC)c(=O)[nH]c1=O. The number of carbonyl (C=O) groups is 1. The molecule has 0 unspecified atom stereocenters. The smallest absolute Gasteiger partial charge is 0.416 e. The molecule has 2 aromatic rings. The number of benzene rings is 1. The van der Waals surface area contributed by atoms with E-state index in [9.17, 15) is 27.6 Å². The Morgan fingerprint density at radius 1 is 1.19 bits per heavy atom. The molecule has 0 aliphatic heterocycles. The number of hydrogen-bond donors (Lipinski definition) is 2. The zero-order valence-electron chi connectivity index (χ0n) is 18.0. The second kappa shape index (κ2) is 10.9. The van der Waals surface area contributed by atoms with Crippen LogP contribution in [0, 0.1) is 0 Å². The number of nitrogens with two attached hydrogens (primary N) is 1. The minimum Gasteiger partial charge on any atom is -0.484 e. The van der Waals surface area contributed by atoms with E-state index in [1.165, 1.54) is 16.7 Å². The van der Waals surface area contributed by atoms with E-state index in [1.54, 1.807) is 0 Å². The minimum absolute atomic E-state index is 0.126.